The predicted octanol–water partition coefficient (Wildman–Crippen LogP) is 4.90. The van der Waals surface area contributed by atoms with E-state index >= 15 is 4.39 Å². The number of carbonyl (C=O) groups is 2. The van der Waals surface area contributed by atoms with Crippen LogP contribution in [0.5, 0.6) is 0 Å². The van der Waals surface area contributed by atoms with Gasteiger partial charge in [0.1, 0.15) is 5.67 Å². The average Bonchev–Trinajstić information content (AvgIpc) is 3.75. The number of aliphatic hydroxyl groups is 1. The molecule has 4 fully saturated rings. The van der Waals surface area contributed by atoms with Crippen LogP contribution in [-0.2, 0) is 25.5 Å². The van der Waals surface area contributed by atoms with Gasteiger partial charge in [0.25, 0.3) is 0 Å². The largest absolute Gasteiger partial charge is 0.448 e. The number of carbonyl (C=O) groups excluding carboxylic acids is 2. The van der Waals surface area contributed by atoms with Crippen molar-refractivity contribution in [2.75, 3.05) is 12.4 Å². The zero-order valence-electron chi connectivity index (χ0n) is 25.3. The van der Waals surface area contributed by atoms with Crippen LogP contribution in [0, 0.1) is 39.9 Å². The van der Waals surface area contributed by atoms with E-state index in [1.165, 1.54) is 12.3 Å². The Kier molecular flexibility index (Phi) is 7.26. The fourth-order valence-electron chi connectivity index (χ4n) is 9.50. The third-order valence-corrected chi connectivity index (χ3v) is 12.6. The molecule has 0 spiro atoms. The number of esters is 1. The van der Waals surface area contributed by atoms with Crippen LogP contribution in [0.3, 0.4) is 0 Å². The second kappa shape index (κ2) is 10.7. The van der Waals surface area contributed by atoms with Crippen molar-refractivity contribution < 1.29 is 33.0 Å². The van der Waals surface area contributed by atoms with Crippen molar-refractivity contribution in [3.8, 4) is 11.8 Å². The van der Waals surface area contributed by atoms with E-state index in [2.05, 4.69) is 10.1 Å². The molecular formula is C33H36F2N4O5S. The van der Waals surface area contributed by atoms with Crippen molar-refractivity contribution >= 4 is 28.9 Å². The van der Waals surface area contributed by atoms with Gasteiger partial charge in [-0.2, -0.15) is 14.8 Å². The Hall–Kier alpha value is -3.14. The van der Waals surface area contributed by atoms with E-state index in [0.717, 1.165) is 28.6 Å². The molecule has 4 aliphatic carbocycles. The highest BCUT2D eigenvalue weighted by molar-refractivity contribution is 8.14. The molecule has 3 saturated carbocycles. The van der Waals surface area contributed by atoms with Crippen LogP contribution >= 0.6 is 11.8 Å². The minimum atomic E-state index is -2.02. The Balaban J connectivity index is 1.25. The topological polar surface area (TPSA) is 127 Å². The van der Waals surface area contributed by atoms with Gasteiger partial charge in [0, 0.05) is 23.4 Å². The number of aliphatic hydroxyl groups excluding tert-OH is 1. The second-order valence-corrected chi connectivity index (χ2v) is 14.6. The Labute approximate surface area is 264 Å². The fraction of sp³-hybridized carbons (Fsp3) is 0.606. The lowest BCUT2D eigenvalue weighted by molar-refractivity contribution is -0.230. The maximum Gasteiger partial charge on any atom is 0.336 e. The van der Waals surface area contributed by atoms with Gasteiger partial charge in [-0.1, -0.05) is 31.2 Å². The number of ether oxygens (including phenoxy) is 2. The van der Waals surface area contributed by atoms with Crippen molar-refractivity contribution in [2.24, 2.45) is 22.7 Å². The Morgan fingerprint density at radius 2 is 2.07 bits per heavy atom. The molecule has 2 aromatic rings. The fourth-order valence-corrected chi connectivity index (χ4v) is 10.3. The number of fused-ring (bicyclic) bond motifs is 6. The smallest absolute Gasteiger partial charge is 0.336 e. The van der Waals surface area contributed by atoms with Crippen LogP contribution in [0.25, 0.3) is 11.8 Å². The molecule has 5 aliphatic rings. The minimum Gasteiger partial charge on any atom is -0.448 e. The van der Waals surface area contributed by atoms with Crippen LogP contribution < -0.4 is 0 Å². The molecule has 7 rings (SSSR count). The number of hydrogen-bond donors (Lipinski definition) is 1. The number of pyridine rings is 1. The highest BCUT2D eigenvalue weighted by atomic mass is 32.2. The van der Waals surface area contributed by atoms with Crippen molar-refractivity contribution in [2.45, 2.75) is 88.7 Å². The monoisotopic (exact) mass is 638 g/mol. The summed E-state index contributed by atoms with van der Waals surface area (Å²) in [6, 6.07) is 4.85. The predicted molar refractivity (Wildman–Crippen MR) is 160 cm³/mol. The van der Waals surface area contributed by atoms with E-state index in [1.807, 2.05) is 26.0 Å². The normalized spacial score (nSPS) is 38.3. The second-order valence-electron chi connectivity index (χ2n) is 13.7. The summed E-state index contributed by atoms with van der Waals surface area (Å²) in [5.41, 5.74) is -2.64. The highest BCUT2D eigenvalue weighted by Gasteiger charge is 2.76. The zero-order chi connectivity index (χ0) is 31.8. The van der Waals surface area contributed by atoms with Gasteiger partial charge in [-0.3, -0.25) is 4.79 Å². The molecule has 0 radical (unpaired) electrons. The van der Waals surface area contributed by atoms with Gasteiger partial charge in [0.2, 0.25) is 11.1 Å². The first kappa shape index (κ1) is 30.5. The van der Waals surface area contributed by atoms with Crippen molar-refractivity contribution in [1.82, 2.24) is 14.8 Å². The number of thioether (sulfide) groups is 1. The number of allylic oxidation sites excluding steroid dienone is 1. The van der Waals surface area contributed by atoms with Gasteiger partial charge in [-0.15, -0.1) is 0 Å². The van der Waals surface area contributed by atoms with E-state index in [9.17, 15) is 24.3 Å². The number of aromatic nitrogens is 3. The molecule has 3 heterocycles. The highest BCUT2D eigenvalue weighted by Crippen LogP contribution is 2.71. The molecule has 0 aromatic carbocycles. The van der Waals surface area contributed by atoms with Crippen molar-refractivity contribution in [3.63, 3.8) is 0 Å². The minimum absolute atomic E-state index is 0.0709. The van der Waals surface area contributed by atoms with E-state index in [1.54, 1.807) is 16.9 Å². The SMILES string of the molecule is CC12Cc3cnn(-c4ccc(F)nc4)c3C=C1CCC1C3CCC(OC(=O)C4CCCO4)(C(=O)SCC#N)C3(C)CC(O)C12F. The van der Waals surface area contributed by atoms with Crippen LogP contribution in [0.2, 0.25) is 0 Å². The number of nitriles is 1. The summed E-state index contributed by atoms with van der Waals surface area (Å²) < 4.78 is 45.1. The number of halogens is 2. The van der Waals surface area contributed by atoms with E-state index in [0.29, 0.717) is 50.8 Å². The summed E-state index contributed by atoms with van der Waals surface area (Å²) in [5, 5.41) is 25.3. The van der Waals surface area contributed by atoms with E-state index in [-0.39, 0.29) is 24.5 Å². The van der Waals surface area contributed by atoms with Crippen molar-refractivity contribution in [3.05, 3.63) is 47.3 Å². The van der Waals surface area contributed by atoms with Crippen LogP contribution in [0.1, 0.15) is 70.1 Å². The Bertz CT molecular complexity index is 1620. The summed E-state index contributed by atoms with van der Waals surface area (Å²) in [5.74, 6) is -2.25. The molecular weight excluding hydrogens is 602 g/mol. The van der Waals surface area contributed by atoms with Crippen LogP contribution in [0.15, 0.2) is 30.1 Å². The Morgan fingerprint density at radius 1 is 1.24 bits per heavy atom. The summed E-state index contributed by atoms with van der Waals surface area (Å²) in [6.45, 7) is 4.17. The third kappa shape index (κ3) is 4.22. The van der Waals surface area contributed by atoms with Gasteiger partial charge >= 0.3 is 5.97 Å². The van der Waals surface area contributed by atoms with Gasteiger partial charge in [0.05, 0.1) is 41.7 Å². The lowest BCUT2D eigenvalue weighted by Crippen LogP contribution is -2.70. The number of alkyl halides is 1. The first-order valence-corrected chi connectivity index (χ1v) is 16.6. The Morgan fingerprint density at radius 3 is 2.78 bits per heavy atom. The molecule has 1 aliphatic heterocycles. The molecule has 1 saturated heterocycles. The van der Waals surface area contributed by atoms with Gasteiger partial charge < -0.3 is 14.6 Å². The molecule has 9 nitrogen and oxygen atoms in total. The van der Waals surface area contributed by atoms with Crippen LogP contribution in [0.4, 0.5) is 8.78 Å². The number of rotatable bonds is 5. The molecule has 0 amide bonds. The maximum absolute atomic E-state index is 18.1. The average molecular weight is 639 g/mol. The molecule has 12 heteroatoms. The molecule has 2 aromatic heterocycles. The third-order valence-electron chi connectivity index (χ3n) is 11.7. The van der Waals surface area contributed by atoms with Gasteiger partial charge in [-0.25, -0.2) is 18.9 Å². The first-order chi connectivity index (χ1) is 21.5. The first-order valence-electron chi connectivity index (χ1n) is 15.6. The van der Waals surface area contributed by atoms with E-state index in [4.69, 9.17) is 9.47 Å². The molecule has 0 bridgehead atoms. The molecule has 238 valence electrons. The maximum atomic E-state index is 18.1. The van der Waals surface area contributed by atoms with E-state index < -0.39 is 57.3 Å². The number of hydrogen-bond acceptors (Lipinski definition) is 9. The number of nitrogens with zero attached hydrogens (tertiary/aromatic N) is 4. The summed E-state index contributed by atoms with van der Waals surface area (Å²) in [7, 11) is 0. The van der Waals surface area contributed by atoms with Crippen molar-refractivity contribution in [1.29, 1.82) is 5.26 Å². The standard InChI is InChI=1S/C33H36F2N4O5S/c1-30-15-19-17-38-39(21-6-8-27(34)37-18-21)24(19)14-20(30)5-7-23-22-9-10-32(29(42)45-13-11-36,44-28(41)25-4-3-12-43-25)31(22,2)16-26(40)33(23,30)35/h6,8,14,17-18,22-23,25-26,40H,3-5,7,9-10,12-13,15-16H2,1-2H3. The zero-order valence-corrected chi connectivity index (χ0v) is 26.1. The summed E-state index contributed by atoms with van der Waals surface area (Å²) in [6.07, 6.45) is 5.98. The lowest BCUT2D eigenvalue weighted by atomic mass is 9.44. The molecule has 8 unspecified atom stereocenters. The van der Waals surface area contributed by atoms with Gasteiger partial charge in [-0.05, 0) is 81.1 Å². The molecule has 1 N–H and O–H groups in total. The van der Waals surface area contributed by atoms with Crippen LogP contribution in [-0.4, -0.2) is 66.8 Å². The lowest BCUT2D eigenvalue weighted by Gasteiger charge is -2.63. The quantitative estimate of drug-likeness (QED) is 0.360. The summed E-state index contributed by atoms with van der Waals surface area (Å²) in [4.78, 5) is 31.0. The molecule has 8 atom stereocenters. The molecule has 45 heavy (non-hydrogen) atoms. The summed E-state index contributed by atoms with van der Waals surface area (Å²) >= 11 is 0.815. The van der Waals surface area contributed by atoms with Gasteiger partial charge in [0.15, 0.2) is 11.7 Å².